The summed E-state index contributed by atoms with van der Waals surface area (Å²) in [6.07, 6.45) is 2.59. The molecular formula is C12H16BrN3S. The molecule has 0 spiro atoms. The summed E-state index contributed by atoms with van der Waals surface area (Å²) in [4.78, 5) is 4.28. The minimum Gasteiger partial charge on any atom is -0.300 e. The number of nitriles is 1. The van der Waals surface area contributed by atoms with Crippen LogP contribution >= 0.6 is 27.7 Å². The summed E-state index contributed by atoms with van der Waals surface area (Å²) in [6.45, 7) is 4.76. The van der Waals surface area contributed by atoms with E-state index in [1.165, 1.54) is 0 Å². The molecular weight excluding hydrogens is 298 g/mol. The van der Waals surface area contributed by atoms with E-state index < -0.39 is 5.54 Å². The summed E-state index contributed by atoms with van der Waals surface area (Å²) in [6, 6.07) is 6.28. The zero-order valence-electron chi connectivity index (χ0n) is 10.0. The quantitative estimate of drug-likeness (QED) is 0.819. The SMILES string of the molecule is CCNC(C)(C#N)CCSc1ccc(Br)cn1. The van der Waals surface area contributed by atoms with E-state index in [1.807, 2.05) is 26.0 Å². The van der Waals surface area contributed by atoms with Crippen LogP contribution in [-0.2, 0) is 0 Å². The Hall–Kier alpha value is -0.570. The molecule has 17 heavy (non-hydrogen) atoms. The van der Waals surface area contributed by atoms with Crippen molar-refractivity contribution in [2.45, 2.75) is 30.8 Å². The number of aromatic nitrogens is 1. The molecule has 92 valence electrons. The molecule has 1 heterocycles. The molecule has 5 heteroatoms. The summed E-state index contributed by atoms with van der Waals surface area (Å²) in [5, 5.41) is 13.3. The van der Waals surface area contributed by atoms with Gasteiger partial charge in [0, 0.05) is 16.4 Å². The number of hydrogen-bond acceptors (Lipinski definition) is 4. The lowest BCUT2D eigenvalue weighted by atomic mass is 10.0. The number of rotatable bonds is 6. The normalized spacial score (nSPS) is 14.0. The van der Waals surface area contributed by atoms with Gasteiger partial charge in [-0.05, 0) is 48.0 Å². The van der Waals surface area contributed by atoms with Crippen LogP contribution < -0.4 is 5.32 Å². The number of halogens is 1. The van der Waals surface area contributed by atoms with Gasteiger partial charge in [0.1, 0.15) is 5.54 Å². The van der Waals surface area contributed by atoms with Gasteiger partial charge in [0.2, 0.25) is 0 Å². The van der Waals surface area contributed by atoms with Crippen molar-refractivity contribution < 1.29 is 0 Å². The van der Waals surface area contributed by atoms with Crippen LogP contribution in [0.25, 0.3) is 0 Å². The maximum atomic E-state index is 9.11. The molecule has 0 fully saturated rings. The first-order valence-electron chi connectivity index (χ1n) is 5.50. The molecule has 1 unspecified atom stereocenters. The molecule has 1 aromatic heterocycles. The Labute approximate surface area is 115 Å². The van der Waals surface area contributed by atoms with Crippen molar-refractivity contribution in [3.05, 3.63) is 22.8 Å². The Balaban J connectivity index is 2.42. The number of pyridine rings is 1. The highest BCUT2D eigenvalue weighted by Crippen LogP contribution is 2.21. The van der Waals surface area contributed by atoms with E-state index in [0.717, 1.165) is 28.2 Å². The van der Waals surface area contributed by atoms with Gasteiger partial charge in [0.15, 0.2) is 0 Å². The van der Waals surface area contributed by atoms with Gasteiger partial charge < -0.3 is 0 Å². The van der Waals surface area contributed by atoms with E-state index in [9.17, 15) is 0 Å². The smallest absolute Gasteiger partial charge is 0.104 e. The first-order chi connectivity index (χ1) is 8.09. The third-order valence-corrected chi connectivity index (χ3v) is 3.78. The molecule has 0 radical (unpaired) electrons. The maximum absolute atomic E-state index is 9.11. The zero-order chi connectivity index (χ0) is 12.7. The Morgan fingerprint density at radius 3 is 2.88 bits per heavy atom. The molecule has 0 saturated carbocycles. The minimum absolute atomic E-state index is 0.433. The van der Waals surface area contributed by atoms with E-state index in [-0.39, 0.29) is 0 Å². The second-order valence-electron chi connectivity index (χ2n) is 3.89. The molecule has 0 aliphatic rings. The standard InChI is InChI=1S/C12H16BrN3S/c1-3-16-12(2,9-14)6-7-17-11-5-4-10(13)8-15-11/h4-5,8,16H,3,6-7H2,1-2H3. The largest absolute Gasteiger partial charge is 0.300 e. The number of nitrogens with zero attached hydrogens (tertiary/aromatic N) is 2. The highest BCUT2D eigenvalue weighted by molar-refractivity contribution is 9.10. The van der Waals surface area contributed by atoms with Crippen molar-refractivity contribution in [2.24, 2.45) is 0 Å². The van der Waals surface area contributed by atoms with E-state index in [2.05, 4.69) is 32.3 Å². The van der Waals surface area contributed by atoms with Gasteiger partial charge in [-0.15, -0.1) is 11.8 Å². The molecule has 0 aliphatic carbocycles. The van der Waals surface area contributed by atoms with Gasteiger partial charge in [-0.25, -0.2) is 4.98 Å². The molecule has 1 N–H and O–H groups in total. The van der Waals surface area contributed by atoms with Gasteiger partial charge in [0.05, 0.1) is 11.1 Å². The monoisotopic (exact) mass is 313 g/mol. The topological polar surface area (TPSA) is 48.7 Å². The van der Waals surface area contributed by atoms with Crippen molar-refractivity contribution in [1.82, 2.24) is 10.3 Å². The van der Waals surface area contributed by atoms with Crippen molar-refractivity contribution in [3.8, 4) is 6.07 Å². The second kappa shape index (κ2) is 7.00. The number of hydrogen-bond donors (Lipinski definition) is 1. The number of nitrogens with one attached hydrogen (secondary N) is 1. The summed E-state index contributed by atoms with van der Waals surface area (Å²) in [7, 11) is 0. The lowest BCUT2D eigenvalue weighted by Crippen LogP contribution is -2.41. The summed E-state index contributed by atoms with van der Waals surface area (Å²) >= 11 is 5.03. The van der Waals surface area contributed by atoms with Crippen molar-refractivity contribution >= 4 is 27.7 Å². The van der Waals surface area contributed by atoms with E-state index in [1.54, 1.807) is 18.0 Å². The predicted octanol–water partition coefficient (Wildman–Crippen LogP) is 3.22. The molecule has 3 nitrogen and oxygen atoms in total. The van der Waals surface area contributed by atoms with Crippen LogP contribution in [0.3, 0.4) is 0 Å². The lowest BCUT2D eigenvalue weighted by Gasteiger charge is -2.21. The van der Waals surface area contributed by atoms with Crippen LogP contribution in [0.1, 0.15) is 20.3 Å². The van der Waals surface area contributed by atoms with Crippen LogP contribution in [0.15, 0.2) is 27.8 Å². The average molecular weight is 314 g/mol. The molecule has 1 atom stereocenters. The highest BCUT2D eigenvalue weighted by atomic mass is 79.9. The van der Waals surface area contributed by atoms with Gasteiger partial charge in [-0.1, -0.05) is 6.92 Å². The highest BCUT2D eigenvalue weighted by Gasteiger charge is 2.21. The second-order valence-corrected chi connectivity index (χ2v) is 5.92. The molecule has 0 saturated heterocycles. The van der Waals surface area contributed by atoms with Gasteiger partial charge in [-0.2, -0.15) is 5.26 Å². The summed E-state index contributed by atoms with van der Waals surface area (Å²) < 4.78 is 0.983. The van der Waals surface area contributed by atoms with Crippen LogP contribution in [0.5, 0.6) is 0 Å². The van der Waals surface area contributed by atoms with Crippen molar-refractivity contribution in [1.29, 1.82) is 5.26 Å². The van der Waals surface area contributed by atoms with Crippen LogP contribution in [-0.4, -0.2) is 22.8 Å². The Morgan fingerprint density at radius 2 is 2.35 bits per heavy atom. The van der Waals surface area contributed by atoms with Crippen LogP contribution in [0.2, 0.25) is 0 Å². The molecule has 0 aliphatic heterocycles. The van der Waals surface area contributed by atoms with Crippen LogP contribution in [0.4, 0.5) is 0 Å². The maximum Gasteiger partial charge on any atom is 0.104 e. The average Bonchev–Trinajstić information content (AvgIpc) is 2.32. The van der Waals surface area contributed by atoms with Gasteiger partial charge >= 0.3 is 0 Å². The first-order valence-corrected chi connectivity index (χ1v) is 7.28. The van der Waals surface area contributed by atoms with E-state index in [4.69, 9.17) is 5.26 Å². The van der Waals surface area contributed by atoms with E-state index in [0.29, 0.717) is 0 Å². The Kier molecular flexibility index (Phi) is 5.96. The minimum atomic E-state index is -0.433. The molecule has 0 aromatic carbocycles. The Morgan fingerprint density at radius 1 is 1.59 bits per heavy atom. The van der Waals surface area contributed by atoms with Crippen LogP contribution in [0, 0.1) is 11.3 Å². The fourth-order valence-corrected chi connectivity index (χ4v) is 2.63. The van der Waals surface area contributed by atoms with Crippen molar-refractivity contribution in [3.63, 3.8) is 0 Å². The molecule has 1 aromatic rings. The summed E-state index contributed by atoms with van der Waals surface area (Å²) in [5.41, 5.74) is -0.433. The number of thioether (sulfide) groups is 1. The third kappa shape index (κ3) is 5.07. The fraction of sp³-hybridized carbons (Fsp3) is 0.500. The summed E-state index contributed by atoms with van der Waals surface area (Å²) in [5.74, 6) is 0.881. The Bertz CT molecular complexity index is 388. The fourth-order valence-electron chi connectivity index (χ4n) is 1.38. The zero-order valence-corrected chi connectivity index (χ0v) is 12.4. The van der Waals surface area contributed by atoms with Gasteiger partial charge in [-0.3, -0.25) is 5.32 Å². The first kappa shape index (κ1) is 14.5. The van der Waals surface area contributed by atoms with Crippen molar-refractivity contribution in [2.75, 3.05) is 12.3 Å². The third-order valence-electron chi connectivity index (χ3n) is 2.37. The molecule has 0 bridgehead atoms. The lowest BCUT2D eigenvalue weighted by molar-refractivity contribution is 0.450. The van der Waals surface area contributed by atoms with Gasteiger partial charge in [0.25, 0.3) is 0 Å². The van der Waals surface area contributed by atoms with E-state index >= 15 is 0 Å². The molecule has 1 rings (SSSR count). The molecule has 0 amide bonds. The predicted molar refractivity (Wildman–Crippen MR) is 75.0 cm³/mol.